The fourth-order valence-corrected chi connectivity index (χ4v) is 4.59. The summed E-state index contributed by atoms with van der Waals surface area (Å²) in [6.45, 7) is -0.0949. The van der Waals surface area contributed by atoms with Crippen molar-refractivity contribution in [3.63, 3.8) is 0 Å². The van der Waals surface area contributed by atoms with Gasteiger partial charge in [0.1, 0.15) is 11.0 Å². The van der Waals surface area contributed by atoms with E-state index in [0.717, 1.165) is 23.3 Å². The van der Waals surface area contributed by atoms with E-state index in [0.29, 0.717) is 32.4 Å². The largest absolute Gasteiger partial charge is 0.493 e. The average molecular weight is 482 g/mol. The van der Waals surface area contributed by atoms with Gasteiger partial charge in [0.15, 0.2) is 18.1 Å². The number of nitrogens with one attached hydrogen (secondary N) is 1. The number of aromatic nitrogens is 2. The van der Waals surface area contributed by atoms with Crippen LogP contribution in [0.5, 0.6) is 11.5 Å². The number of nitrogens with zero attached hydrogens (tertiary/aromatic N) is 2. The molecule has 0 atom stereocenters. The summed E-state index contributed by atoms with van der Waals surface area (Å²) in [7, 11) is 1.51. The number of fused-ring (bicyclic) bond motifs is 1. The maximum absolute atomic E-state index is 13.2. The fourth-order valence-electron chi connectivity index (χ4n) is 3.42. The molecule has 1 aliphatic rings. The third-order valence-electron chi connectivity index (χ3n) is 5.29. The summed E-state index contributed by atoms with van der Waals surface area (Å²) in [6.07, 6.45) is 3.53. The van der Waals surface area contributed by atoms with E-state index >= 15 is 0 Å². The molecule has 9 heteroatoms. The number of rotatable bonds is 7. The number of amides is 1. The van der Waals surface area contributed by atoms with Crippen molar-refractivity contribution in [3.05, 3.63) is 70.2 Å². The molecule has 0 saturated heterocycles. The Labute approximate surface area is 198 Å². The Morgan fingerprint density at radius 3 is 2.70 bits per heavy atom. The van der Waals surface area contributed by atoms with Crippen LogP contribution in [0.25, 0.3) is 26.3 Å². The maximum Gasteiger partial charge on any atom is 0.275 e. The molecule has 2 aromatic heterocycles. The lowest BCUT2D eigenvalue weighted by Crippen LogP contribution is -2.30. The molecule has 1 N–H and O–H groups in total. The van der Waals surface area contributed by atoms with Crippen LogP contribution in [0.1, 0.15) is 12.8 Å². The molecule has 0 radical (unpaired) electrons. The van der Waals surface area contributed by atoms with E-state index < -0.39 is 0 Å². The van der Waals surface area contributed by atoms with Gasteiger partial charge in [-0.25, -0.2) is 4.98 Å². The van der Waals surface area contributed by atoms with Gasteiger partial charge in [-0.3, -0.25) is 14.2 Å². The number of carbonyl (C=O) groups is 1. The van der Waals surface area contributed by atoms with Crippen LogP contribution in [0.15, 0.2) is 59.7 Å². The third-order valence-corrected chi connectivity index (χ3v) is 6.71. The summed E-state index contributed by atoms with van der Waals surface area (Å²) in [6, 6.07) is 14.8. The van der Waals surface area contributed by atoms with Gasteiger partial charge in [-0.2, -0.15) is 0 Å². The topological polar surface area (TPSA) is 82.5 Å². The molecule has 1 aliphatic carbocycles. The summed E-state index contributed by atoms with van der Waals surface area (Å²) in [5.74, 6) is 0.686. The summed E-state index contributed by atoms with van der Waals surface area (Å²) in [5, 5.41) is 3.53. The molecular weight excluding hydrogens is 462 g/mol. The molecule has 5 rings (SSSR count). The normalized spacial score (nSPS) is 13.2. The van der Waals surface area contributed by atoms with E-state index in [2.05, 4.69) is 10.3 Å². The first-order chi connectivity index (χ1) is 16.0. The van der Waals surface area contributed by atoms with Crippen molar-refractivity contribution in [3.8, 4) is 27.6 Å². The van der Waals surface area contributed by atoms with Gasteiger partial charge >= 0.3 is 0 Å². The van der Waals surface area contributed by atoms with E-state index in [4.69, 9.17) is 21.1 Å². The second kappa shape index (κ2) is 8.88. The van der Waals surface area contributed by atoms with Crippen molar-refractivity contribution in [1.29, 1.82) is 0 Å². The van der Waals surface area contributed by atoms with Crippen molar-refractivity contribution in [2.24, 2.45) is 0 Å². The van der Waals surface area contributed by atoms with Gasteiger partial charge in [-0.05, 0) is 48.7 Å². The van der Waals surface area contributed by atoms with E-state index in [1.54, 1.807) is 18.2 Å². The molecule has 1 amide bonds. The molecule has 1 fully saturated rings. The standard InChI is InChI=1S/C24H20ClN3O4S/c1-31-20-10-17(8-9-19(20)32-12-22(29)27-16-6-7-16)28-13-26-18-11-21(33-23(18)24(28)30)14-2-4-15(25)5-3-14/h2-5,8-11,13,16H,6-7,12H2,1H3,(H,27,29). The number of hydrogen-bond acceptors (Lipinski definition) is 6. The van der Waals surface area contributed by atoms with Crippen molar-refractivity contribution < 1.29 is 14.3 Å². The Morgan fingerprint density at radius 1 is 1.18 bits per heavy atom. The SMILES string of the molecule is COc1cc(-n2cnc3cc(-c4ccc(Cl)cc4)sc3c2=O)ccc1OCC(=O)NC1CC1. The van der Waals surface area contributed by atoms with Crippen molar-refractivity contribution >= 4 is 39.1 Å². The third kappa shape index (κ3) is 4.58. The zero-order valence-corrected chi connectivity index (χ0v) is 19.3. The maximum atomic E-state index is 13.2. The molecule has 1 saturated carbocycles. The highest BCUT2D eigenvalue weighted by Gasteiger charge is 2.23. The molecule has 168 valence electrons. The Hall–Kier alpha value is -3.36. The number of methoxy groups -OCH3 is 1. The van der Waals surface area contributed by atoms with Crippen molar-refractivity contribution in [2.75, 3.05) is 13.7 Å². The molecule has 0 spiro atoms. The van der Waals surface area contributed by atoms with E-state index in [-0.39, 0.29) is 24.1 Å². The van der Waals surface area contributed by atoms with Crippen LogP contribution in [0, 0.1) is 0 Å². The van der Waals surface area contributed by atoms with Gasteiger partial charge in [0.2, 0.25) is 0 Å². The quantitative estimate of drug-likeness (QED) is 0.422. The molecule has 4 aromatic rings. The first kappa shape index (κ1) is 21.5. The van der Waals surface area contributed by atoms with Gasteiger partial charge in [0, 0.05) is 22.0 Å². The summed E-state index contributed by atoms with van der Waals surface area (Å²) in [4.78, 5) is 30.5. The van der Waals surface area contributed by atoms with Gasteiger partial charge in [-0.15, -0.1) is 11.3 Å². The molecule has 33 heavy (non-hydrogen) atoms. The second-order valence-electron chi connectivity index (χ2n) is 7.72. The van der Waals surface area contributed by atoms with Crippen LogP contribution in [0.3, 0.4) is 0 Å². The summed E-state index contributed by atoms with van der Waals surface area (Å²) < 4.78 is 13.1. The van der Waals surface area contributed by atoms with Crippen molar-refractivity contribution in [2.45, 2.75) is 18.9 Å². The van der Waals surface area contributed by atoms with E-state index in [9.17, 15) is 9.59 Å². The zero-order chi connectivity index (χ0) is 22.9. The summed E-state index contributed by atoms with van der Waals surface area (Å²) in [5.41, 5.74) is 2.02. The molecule has 0 bridgehead atoms. The van der Waals surface area contributed by atoms with Crippen LogP contribution < -0.4 is 20.3 Å². The lowest BCUT2D eigenvalue weighted by Gasteiger charge is -2.13. The Balaban J connectivity index is 1.43. The van der Waals surface area contributed by atoms with Crippen molar-refractivity contribution in [1.82, 2.24) is 14.9 Å². The van der Waals surface area contributed by atoms with Gasteiger partial charge in [0.25, 0.3) is 11.5 Å². The molecule has 7 nitrogen and oxygen atoms in total. The van der Waals surface area contributed by atoms with Crippen LogP contribution in [-0.2, 0) is 4.79 Å². The smallest absolute Gasteiger partial charge is 0.275 e. The average Bonchev–Trinajstić information content (AvgIpc) is 3.52. The molecule has 0 unspecified atom stereocenters. The highest BCUT2D eigenvalue weighted by molar-refractivity contribution is 7.22. The van der Waals surface area contributed by atoms with Crippen LogP contribution >= 0.6 is 22.9 Å². The minimum atomic E-state index is -0.176. The fraction of sp³-hybridized carbons (Fsp3) is 0.208. The molecule has 2 heterocycles. The first-order valence-corrected chi connectivity index (χ1v) is 11.6. The minimum absolute atomic E-state index is 0.0949. The number of halogens is 1. The Morgan fingerprint density at radius 2 is 1.97 bits per heavy atom. The Bertz CT molecular complexity index is 1390. The van der Waals surface area contributed by atoms with Gasteiger partial charge < -0.3 is 14.8 Å². The number of ether oxygens (including phenoxy) is 2. The number of thiophene rings is 1. The number of hydrogen-bond donors (Lipinski definition) is 1. The molecule has 0 aliphatic heterocycles. The van der Waals surface area contributed by atoms with Crippen LogP contribution in [0.4, 0.5) is 0 Å². The summed E-state index contributed by atoms with van der Waals surface area (Å²) >= 11 is 7.37. The molecular formula is C24H20ClN3O4S. The minimum Gasteiger partial charge on any atom is -0.493 e. The second-order valence-corrected chi connectivity index (χ2v) is 9.21. The van der Waals surface area contributed by atoms with Gasteiger partial charge in [0.05, 0.1) is 18.3 Å². The zero-order valence-electron chi connectivity index (χ0n) is 17.7. The molecule has 2 aromatic carbocycles. The lowest BCUT2D eigenvalue weighted by atomic mass is 10.2. The monoisotopic (exact) mass is 481 g/mol. The predicted octanol–water partition coefficient (Wildman–Crippen LogP) is 4.43. The van der Waals surface area contributed by atoms with E-state index in [1.807, 2.05) is 30.3 Å². The number of carbonyl (C=O) groups excluding carboxylic acids is 1. The van der Waals surface area contributed by atoms with E-state index in [1.165, 1.54) is 29.3 Å². The lowest BCUT2D eigenvalue weighted by molar-refractivity contribution is -0.123. The van der Waals surface area contributed by atoms with Crippen LogP contribution in [-0.4, -0.2) is 35.2 Å². The highest BCUT2D eigenvalue weighted by Crippen LogP contribution is 2.33. The predicted molar refractivity (Wildman–Crippen MR) is 129 cm³/mol. The Kier molecular flexibility index (Phi) is 5.78. The highest BCUT2D eigenvalue weighted by atomic mass is 35.5. The first-order valence-electron chi connectivity index (χ1n) is 10.4. The number of benzene rings is 2. The van der Waals surface area contributed by atoms with Gasteiger partial charge in [-0.1, -0.05) is 23.7 Å². The van der Waals surface area contributed by atoms with Crippen LogP contribution in [0.2, 0.25) is 5.02 Å².